The third-order valence-corrected chi connectivity index (χ3v) is 3.78. The fourth-order valence-electron chi connectivity index (χ4n) is 2.51. The van der Waals surface area contributed by atoms with Crippen LogP contribution in [0.1, 0.15) is 28.2 Å². The van der Waals surface area contributed by atoms with Gasteiger partial charge < -0.3 is 11.1 Å². The molecule has 0 bridgehead atoms. The highest BCUT2D eigenvalue weighted by Gasteiger charge is 2.16. The van der Waals surface area contributed by atoms with Gasteiger partial charge in [0.1, 0.15) is 23.1 Å². The first-order chi connectivity index (χ1) is 12.7. The number of aromatic nitrogens is 4. The Balaban J connectivity index is 1.63. The highest BCUT2D eigenvalue weighted by atomic mass is 16.1. The van der Waals surface area contributed by atoms with Crippen molar-refractivity contribution in [3.8, 4) is 11.8 Å². The number of amides is 1. The number of hydrogen-bond donors (Lipinski definition) is 2. The van der Waals surface area contributed by atoms with Crippen molar-refractivity contribution in [2.45, 2.75) is 12.8 Å². The van der Waals surface area contributed by atoms with Gasteiger partial charge in [0.15, 0.2) is 0 Å². The van der Waals surface area contributed by atoms with E-state index in [0.29, 0.717) is 36.5 Å². The molecule has 1 amide bonds. The van der Waals surface area contributed by atoms with Crippen molar-refractivity contribution in [2.24, 2.45) is 0 Å². The molecule has 0 unspecified atom stereocenters. The largest absolute Gasteiger partial charge is 0.382 e. The number of nitrogens with two attached hydrogens (primary N) is 1. The zero-order valence-electron chi connectivity index (χ0n) is 14.0. The van der Waals surface area contributed by atoms with E-state index in [4.69, 9.17) is 5.73 Å². The summed E-state index contributed by atoms with van der Waals surface area (Å²) in [5, 5.41) is 16.6. The van der Waals surface area contributed by atoms with Crippen LogP contribution in [0.3, 0.4) is 0 Å². The van der Waals surface area contributed by atoms with Crippen molar-refractivity contribution >= 4 is 11.7 Å². The lowest BCUT2D eigenvalue weighted by atomic mass is 10.1. The number of hydrogen-bond acceptors (Lipinski definition) is 6. The van der Waals surface area contributed by atoms with Crippen LogP contribution >= 0.6 is 0 Å². The number of nitrogens with one attached hydrogen (secondary N) is 1. The monoisotopic (exact) mass is 347 g/mol. The van der Waals surface area contributed by atoms with Gasteiger partial charge in [0.2, 0.25) is 0 Å². The summed E-state index contributed by atoms with van der Waals surface area (Å²) >= 11 is 0. The number of para-hydroxylation sites is 1. The summed E-state index contributed by atoms with van der Waals surface area (Å²) in [4.78, 5) is 19.7. The Labute approximate surface area is 150 Å². The molecule has 0 saturated heterocycles. The predicted molar refractivity (Wildman–Crippen MR) is 95.4 cm³/mol. The maximum atomic E-state index is 11.9. The van der Waals surface area contributed by atoms with Crippen LogP contribution < -0.4 is 11.1 Å². The Hall–Kier alpha value is -3.73. The van der Waals surface area contributed by atoms with Crippen LogP contribution in [0.4, 0.5) is 5.82 Å². The fourth-order valence-corrected chi connectivity index (χ4v) is 2.51. The van der Waals surface area contributed by atoms with Gasteiger partial charge in [0, 0.05) is 18.9 Å². The number of rotatable bonds is 6. The third kappa shape index (κ3) is 3.67. The standard InChI is InChI=1S/C18H17N7O/c19-11-14-15(24-25(17(14)20)13-5-2-1-3-6-13)7-4-8-23-18(26)16-12-21-9-10-22-16/h1-3,5-6,9-10,12H,4,7-8,20H2,(H,23,26). The van der Waals surface area contributed by atoms with E-state index in [9.17, 15) is 10.1 Å². The maximum absolute atomic E-state index is 11.9. The minimum Gasteiger partial charge on any atom is -0.382 e. The molecular weight excluding hydrogens is 330 g/mol. The molecule has 0 spiro atoms. The number of nitrogens with zero attached hydrogens (tertiary/aromatic N) is 5. The highest BCUT2D eigenvalue weighted by Crippen LogP contribution is 2.21. The summed E-state index contributed by atoms with van der Waals surface area (Å²) in [7, 11) is 0. The molecule has 2 heterocycles. The van der Waals surface area contributed by atoms with Gasteiger partial charge in [0.25, 0.3) is 5.91 Å². The number of anilines is 1. The third-order valence-electron chi connectivity index (χ3n) is 3.78. The molecule has 26 heavy (non-hydrogen) atoms. The van der Waals surface area contributed by atoms with Crippen molar-refractivity contribution in [3.05, 3.63) is 65.9 Å². The van der Waals surface area contributed by atoms with Crippen molar-refractivity contribution in [2.75, 3.05) is 12.3 Å². The number of carbonyl (C=O) groups is 1. The fraction of sp³-hybridized carbons (Fsp3) is 0.167. The van der Waals surface area contributed by atoms with E-state index in [2.05, 4.69) is 26.5 Å². The molecule has 1 aromatic carbocycles. The molecule has 0 aliphatic rings. The molecule has 0 aliphatic heterocycles. The number of benzene rings is 1. The molecular formula is C18H17N7O. The van der Waals surface area contributed by atoms with Gasteiger partial charge in [-0.05, 0) is 25.0 Å². The Kier molecular flexibility index (Phi) is 5.19. The van der Waals surface area contributed by atoms with Crippen molar-refractivity contribution in [1.82, 2.24) is 25.1 Å². The van der Waals surface area contributed by atoms with Gasteiger partial charge in [-0.2, -0.15) is 10.4 Å². The van der Waals surface area contributed by atoms with Gasteiger partial charge in [-0.15, -0.1) is 0 Å². The van der Waals surface area contributed by atoms with E-state index >= 15 is 0 Å². The van der Waals surface area contributed by atoms with E-state index in [0.717, 1.165) is 5.69 Å². The molecule has 0 aliphatic carbocycles. The normalized spacial score (nSPS) is 10.3. The minimum absolute atomic E-state index is 0.266. The second-order valence-electron chi connectivity index (χ2n) is 5.52. The van der Waals surface area contributed by atoms with Gasteiger partial charge in [-0.25, -0.2) is 9.67 Å². The molecule has 130 valence electrons. The summed E-state index contributed by atoms with van der Waals surface area (Å²) in [6.45, 7) is 0.429. The van der Waals surface area contributed by atoms with Crippen LogP contribution in [0.25, 0.3) is 5.69 Å². The van der Waals surface area contributed by atoms with Gasteiger partial charge in [0.05, 0.1) is 17.6 Å². The topological polar surface area (TPSA) is 123 Å². The van der Waals surface area contributed by atoms with Gasteiger partial charge in [-0.1, -0.05) is 18.2 Å². The highest BCUT2D eigenvalue weighted by molar-refractivity contribution is 5.91. The zero-order valence-corrected chi connectivity index (χ0v) is 14.0. The minimum atomic E-state index is -0.284. The number of aryl methyl sites for hydroxylation is 1. The smallest absolute Gasteiger partial charge is 0.271 e. The van der Waals surface area contributed by atoms with E-state index in [1.165, 1.54) is 18.6 Å². The lowest BCUT2D eigenvalue weighted by Crippen LogP contribution is -2.25. The Morgan fingerprint density at radius 2 is 2.08 bits per heavy atom. The Morgan fingerprint density at radius 1 is 1.27 bits per heavy atom. The van der Waals surface area contributed by atoms with E-state index < -0.39 is 0 Å². The van der Waals surface area contributed by atoms with Crippen LogP contribution in [0, 0.1) is 11.3 Å². The van der Waals surface area contributed by atoms with Crippen LogP contribution in [-0.4, -0.2) is 32.2 Å². The molecule has 3 aromatic rings. The van der Waals surface area contributed by atoms with Crippen LogP contribution in [0.2, 0.25) is 0 Å². The van der Waals surface area contributed by atoms with E-state index in [-0.39, 0.29) is 11.6 Å². The molecule has 2 aromatic heterocycles. The molecule has 3 rings (SSSR count). The predicted octanol–water partition coefficient (Wildman–Crippen LogP) is 1.48. The summed E-state index contributed by atoms with van der Waals surface area (Å²) in [6.07, 6.45) is 5.52. The number of carbonyl (C=O) groups excluding carboxylic acids is 1. The maximum Gasteiger partial charge on any atom is 0.271 e. The molecule has 0 radical (unpaired) electrons. The summed E-state index contributed by atoms with van der Waals surface area (Å²) in [5.74, 6) is 0.0326. The van der Waals surface area contributed by atoms with Crippen molar-refractivity contribution < 1.29 is 4.79 Å². The van der Waals surface area contributed by atoms with Gasteiger partial charge >= 0.3 is 0 Å². The SMILES string of the molecule is N#Cc1c(CCCNC(=O)c2cnccn2)nn(-c2ccccc2)c1N. The number of nitriles is 1. The average Bonchev–Trinajstić information content (AvgIpc) is 3.01. The zero-order chi connectivity index (χ0) is 18.4. The lowest BCUT2D eigenvalue weighted by Gasteiger charge is -2.03. The molecule has 0 atom stereocenters. The second kappa shape index (κ2) is 7.90. The molecule has 8 nitrogen and oxygen atoms in total. The lowest BCUT2D eigenvalue weighted by molar-refractivity contribution is 0.0948. The average molecular weight is 347 g/mol. The van der Waals surface area contributed by atoms with Crippen LogP contribution in [0.15, 0.2) is 48.9 Å². The molecule has 0 saturated carbocycles. The van der Waals surface area contributed by atoms with Crippen molar-refractivity contribution in [1.29, 1.82) is 5.26 Å². The summed E-state index contributed by atoms with van der Waals surface area (Å²) in [5.41, 5.74) is 8.11. The second-order valence-corrected chi connectivity index (χ2v) is 5.52. The van der Waals surface area contributed by atoms with Crippen LogP contribution in [0.5, 0.6) is 0 Å². The van der Waals surface area contributed by atoms with E-state index in [1.54, 1.807) is 4.68 Å². The molecule has 8 heteroatoms. The van der Waals surface area contributed by atoms with Crippen molar-refractivity contribution in [3.63, 3.8) is 0 Å². The summed E-state index contributed by atoms with van der Waals surface area (Å²) in [6, 6.07) is 11.5. The molecule has 3 N–H and O–H groups in total. The first-order valence-electron chi connectivity index (χ1n) is 8.08. The van der Waals surface area contributed by atoms with Gasteiger partial charge in [-0.3, -0.25) is 9.78 Å². The Morgan fingerprint density at radius 3 is 2.77 bits per heavy atom. The van der Waals surface area contributed by atoms with Crippen LogP contribution in [-0.2, 0) is 6.42 Å². The first-order valence-corrected chi connectivity index (χ1v) is 8.08. The quantitative estimate of drug-likeness (QED) is 0.651. The number of nitrogen functional groups attached to an aromatic ring is 1. The van der Waals surface area contributed by atoms with E-state index in [1.807, 2.05) is 30.3 Å². The first kappa shape index (κ1) is 17.1. The molecule has 0 fully saturated rings. The summed E-state index contributed by atoms with van der Waals surface area (Å²) < 4.78 is 1.56. The Bertz CT molecular complexity index is 929.